The Hall–Kier alpha value is -0.850. The van der Waals surface area contributed by atoms with Crippen LogP contribution in [0.2, 0.25) is 20.1 Å². The van der Waals surface area contributed by atoms with Crippen LogP contribution in [0.3, 0.4) is 0 Å². The van der Waals surface area contributed by atoms with Crippen LogP contribution < -0.4 is 9.47 Å². The predicted molar refractivity (Wildman–Crippen MR) is 92.8 cm³/mol. The Balaban J connectivity index is 1.96. The lowest BCUT2D eigenvalue weighted by Crippen LogP contribution is -2.19. The van der Waals surface area contributed by atoms with Gasteiger partial charge in [0.05, 0.1) is 0 Å². The zero-order chi connectivity index (χ0) is 17.0. The molecule has 124 valence electrons. The van der Waals surface area contributed by atoms with E-state index in [0.717, 1.165) is 0 Å². The van der Waals surface area contributed by atoms with Crippen molar-refractivity contribution in [2.75, 3.05) is 11.9 Å². The van der Waals surface area contributed by atoms with Gasteiger partial charge in [-0.15, -0.1) is 0 Å². The Morgan fingerprint density at radius 2 is 0.957 bits per heavy atom. The number of rotatable bonds is 6. The van der Waals surface area contributed by atoms with E-state index >= 15 is 0 Å². The Bertz CT molecular complexity index is 706. The first kappa shape index (κ1) is 18.5. The van der Waals surface area contributed by atoms with Crippen molar-refractivity contribution in [3.63, 3.8) is 0 Å². The van der Waals surface area contributed by atoms with E-state index in [1.807, 2.05) is 0 Å². The van der Waals surface area contributed by atoms with Gasteiger partial charge in [-0.05, 0) is 36.4 Å². The third kappa shape index (κ3) is 6.28. The molecule has 9 heteroatoms. The maximum absolute atomic E-state index is 11.9. The van der Waals surface area contributed by atoms with Gasteiger partial charge in [0.1, 0.15) is 11.5 Å². The molecule has 0 aliphatic rings. The summed E-state index contributed by atoms with van der Waals surface area (Å²) in [5.74, 6) is -0.676. The molecular formula is C14H10Cl4O4S. The summed E-state index contributed by atoms with van der Waals surface area (Å²) in [5, 5.41) is 1.37. The first-order valence-corrected chi connectivity index (χ1v) is 9.45. The van der Waals surface area contributed by atoms with Gasteiger partial charge in [0.25, 0.3) is 0 Å². The van der Waals surface area contributed by atoms with Crippen molar-refractivity contribution >= 4 is 56.2 Å². The summed E-state index contributed by atoms with van der Waals surface area (Å²) < 4.78 is 34.2. The molecule has 0 amide bonds. The van der Waals surface area contributed by atoms with Crippen LogP contribution in [0.4, 0.5) is 0 Å². The van der Waals surface area contributed by atoms with Crippen LogP contribution in [0.25, 0.3) is 0 Å². The van der Waals surface area contributed by atoms with E-state index in [1.165, 1.54) is 36.4 Å². The zero-order valence-corrected chi connectivity index (χ0v) is 15.3. The molecule has 0 fully saturated rings. The maximum atomic E-state index is 11.9. The molecule has 0 N–H and O–H groups in total. The number of ether oxygens (including phenoxy) is 2. The van der Waals surface area contributed by atoms with Gasteiger partial charge in [-0.25, -0.2) is 8.42 Å². The minimum absolute atomic E-state index is 0.247. The first-order chi connectivity index (χ1) is 10.7. The molecular weight excluding hydrogens is 406 g/mol. The van der Waals surface area contributed by atoms with E-state index < -0.39 is 21.7 Å². The third-order valence-electron chi connectivity index (χ3n) is 2.48. The van der Waals surface area contributed by atoms with Gasteiger partial charge in [-0.1, -0.05) is 46.4 Å². The highest BCUT2D eigenvalue weighted by atomic mass is 35.5. The van der Waals surface area contributed by atoms with Crippen molar-refractivity contribution < 1.29 is 17.9 Å². The van der Waals surface area contributed by atoms with Crippen molar-refractivity contribution in [3.8, 4) is 11.5 Å². The van der Waals surface area contributed by atoms with Crippen LogP contribution in [-0.2, 0) is 9.84 Å². The zero-order valence-electron chi connectivity index (χ0n) is 11.4. The average Bonchev–Trinajstić information content (AvgIpc) is 2.41. The van der Waals surface area contributed by atoms with Gasteiger partial charge >= 0.3 is 0 Å². The lowest BCUT2D eigenvalue weighted by Gasteiger charge is -2.10. The first-order valence-electron chi connectivity index (χ1n) is 6.12. The Kier molecular flexibility index (Phi) is 6.28. The second kappa shape index (κ2) is 7.81. The van der Waals surface area contributed by atoms with Crippen LogP contribution in [0.5, 0.6) is 11.5 Å². The maximum Gasteiger partial charge on any atom is 0.219 e. The number of sulfone groups is 1. The van der Waals surface area contributed by atoms with E-state index in [4.69, 9.17) is 55.9 Å². The molecule has 0 saturated heterocycles. The van der Waals surface area contributed by atoms with Crippen molar-refractivity contribution in [3.05, 3.63) is 56.5 Å². The van der Waals surface area contributed by atoms with E-state index in [1.54, 1.807) is 0 Å². The van der Waals surface area contributed by atoms with Crippen LogP contribution >= 0.6 is 46.4 Å². The van der Waals surface area contributed by atoms with E-state index in [-0.39, 0.29) is 11.5 Å². The summed E-state index contributed by atoms with van der Waals surface area (Å²) in [4.78, 5) is 0. The lowest BCUT2D eigenvalue weighted by atomic mass is 10.3. The number of hydrogen-bond acceptors (Lipinski definition) is 4. The number of benzene rings is 2. The van der Waals surface area contributed by atoms with Gasteiger partial charge in [0.2, 0.25) is 9.84 Å². The van der Waals surface area contributed by atoms with E-state index in [2.05, 4.69) is 0 Å². The molecule has 0 radical (unpaired) electrons. The van der Waals surface area contributed by atoms with Crippen molar-refractivity contribution in [2.24, 2.45) is 0 Å². The van der Waals surface area contributed by atoms with Gasteiger partial charge in [0.15, 0.2) is 11.9 Å². The fourth-order valence-electron chi connectivity index (χ4n) is 1.57. The summed E-state index contributed by atoms with van der Waals surface area (Å²) in [6.07, 6.45) is 0. The lowest BCUT2D eigenvalue weighted by molar-refractivity contribution is 0.347. The fraction of sp³-hybridized carbons (Fsp3) is 0.143. The topological polar surface area (TPSA) is 52.6 Å². The molecule has 0 heterocycles. The van der Waals surface area contributed by atoms with E-state index in [0.29, 0.717) is 20.1 Å². The fourth-order valence-corrected chi connectivity index (χ4v) is 3.28. The Morgan fingerprint density at radius 3 is 1.26 bits per heavy atom. The van der Waals surface area contributed by atoms with Crippen molar-refractivity contribution in [2.45, 2.75) is 0 Å². The second-order valence-corrected chi connectivity index (χ2v) is 8.18. The van der Waals surface area contributed by atoms with Crippen LogP contribution in [0.15, 0.2) is 36.4 Å². The molecule has 2 aromatic rings. The quantitative estimate of drug-likeness (QED) is 0.659. The highest BCUT2D eigenvalue weighted by molar-refractivity contribution is 7.91. The molecule has 4 nitrogen and oxygen atoms in total. The minimum atomic E-state index is -3.65. The van der Waals surface area contributed by atoms with Crippen molar-refractivity contribution in [1.29, 1.82) is 0 Å². The van der Waals surface area contributed by atoms with Gasteiger partial charge < -0.3 is 9.47 Å². The summed E-state index contributed by atoms with van der Waals surface area (Å²) in [6, 6.07) is 8.86. The summed E-state index contributed by atoms with van der Waals surface area (Å²) in [7, 11) is -3.65. The summed E-state index contributed by atoms with van der Waals surface area (Å²) in [6.45, 7) is 0. The normalized spacial score (nSPS) is 11.3. The van der Waals surface area contributed by atoms with Gasteiger partial charge in [0, 0.05) is 20.1 Å². The Labute approximate surface area is 153 Å². The molecule has 0 atom stereocenters. The van der Waals surface area contributed by atoms with Crippen molar-refractivity contribution in [1.82, 2.24) is 0 Å². The minimum Gasteiger partial charge on any atom is -0.478 e. The molecule has 0 saturated carbocycles. The number of hydrogen-bond donors (Lipinski definition) is 0. The standard InChI is InChI=1S/C14H10Cl4O4S/c15-9-1-10(16)4-13(3-9)21-7-23(19,20)8-22-14-5-11(17)2-12(18)6-14/h1-6H,7-8H2. The molecule has 0 aliphatic carbocycles. The summed E-state index contributed by atoms with van der Waals surface area (Å²) in [5.41, 5.74) is 0. The van der Waals surface area contributed by atoms with Crippen LogP contribution in [0, 0.1) is 0 Å². The highest BCUT2D eigenvalue weighted by Gasteiger charge is 2.14. The molecule has 2 aromatic carbocycles. The molecule has 0 spiro atoms. The molecule has 2 rings (SSSR count). The average molecular weight is 416 g/mol. The SMILES string of the molecule is O=S(=O)(COc1cc(Cl)cc(Cl)c1)COc1cc(Cl)cc(Cl)c1. The highest BCUT2D eigenvalue weighted by Crippen LogP contribution is 2.25. The van der Waals surface area contributed by atoms with E-state index in [9.17, 15) is 8.42 Å². The molecule has 0 aromatic heterocycles. The van der Waals surface area contributed by atoms with Gasteiger partial charge in [-0.2, -0.15) is 0 Å². The largest absolute Gasteiger partial charge is 0.478 e. The Morgan fingerprint density at radius 1 is 0.652 bits per heavy atom. The smallest absolute Gasteiger partial charge is 0.219 e. The molecule has 0 aliphatic heterocycles. The second-order valence-electron chi connectivity index (χ2n) is 4.48. The summed E-state index contributed by atoms with van der Waals surface area (Å²) >= 11 is 23.2. The molecule has 0 bridgehead atoms. The predicted octanol–water partition coefficient (Wildman–Crippen LogP) is 5.09. The van der Waals surface area contributed by atoms with Gasteiger partial charge in [-0.3, -0.25) is 0 Å². The third-order valence-corrected chi connectivity index (χ3v) is 4.31. The molecule has 23 heavy (non-hydrogen) atoms. The van der Waals surface area contributed by atoms with Crippen LogP contribution in [-0.4, -0.2) is 20.3 Å². The number of halogens is 4. The molecule has 0 unspecified atom stereocenters. The van der Waals surface area contributed by atoms with Crippen LogP contribution in [0.1, 0.15) is 0 Å². The monoisotopic (exact) mass is 414 g/mol.